The summed E-state index contributed by atoms with van der Waals surface area (Å²) >= 11 is 0. The van der Waals surface area contributed by atoms with Gasteiger partial charge in [0.2, 0.25) is 5.91 Å². The minimum atomic E-state index is -0.0996. The van der Waals surface area contributed by atoms with Crippen molar-refractivity contribution in [3.8, 4) is 0 Å². The Kier molecular flexibility index (Phi) is 3.65. The molecule has 0 radical (unpaired) electrons. The quantitative estimate of drug-likeness (QED) is 0.841. The summed E-state index contributed by atoms with van der Waals surface area (Å²) in [4.78, 5) is 23.0. The van der Waals surface area contributed by atoms with Crippen molar-refractivity contribution in [3.63, 3.8) is 0 Å². The number of amides is 2. The number of benzene rings is 1. The number of hydrogen-bond acceptors (Lipinski definition) is 2. The lowest BCUT2D eigenvalue weighted by atomic mass is 10.1. The molecule has 96 valence electrons. The Balaban J connectivity index is 1.86. The van der Waals surface area contributed by atoms with Crippen LogP contribution in [0.5, 0.6) is 0 Å². The third-order valence-corrected chi connectivity index (χ3v) is 3.36. The van der Waals surface area contributed by atoms with Crippen LogP contribution in [0.3, 0.4) is 0 Å². The number of nitrogens with one attached hydrogen (secondary N) is 2. The molecular formula is C14H18N2O2. The zero-order valence-electron chi connectivity index (χ0n) is 10.7. The van der Waals surface area contributed by atoms with Crippen LogP contribution in [-0.2, 0) is 11.3 Å². The summed E-state index contributed by atoms with van der Waals surface area (Å²) < 4.78 is 0. The average molecular weight is 246 g/mol. The van der Waals surface area contributed by atoms with Gasteiger partial charge in [-0.2, -0.15) is 0 Å². The summed E-state index contributed by atoms with van der Waals surface area (Å²) in [6.07, 6.45) is 1.00. The maximum absolute atomic E-state index is 11.6. The minimum absolute atomic E-state index is 0.0996. The van der Waals surface area contributed by atoms with Gasteiger partial charge in [0.15, 0.2) is 0 Å². The number of carbonyl (C=O) groups excluding carboxylic acids is 2. The predicted molar refractivity (Wildman–Crippen MR) is 68.9 cm³/mol. The van der Waals surface area contributed by atoms with Gasteiger partial charge < -0.3 is 10.6 Å². The Bertz CT molecular complexity index is 453. The van der Waals surface area contributed by atoms with Crippen LogP contribution in [0.25, 0.3) is 0 Å². The highest BCUT2D eigenvalue weighted by molar-refractivity contribution is 5.93. The molecular weight excluding hydrogens is 228 g/mol. The van der Waals surface area contributed by atoms with E-state index in [1.165, 1.54) is 0 Å². The monoisotopic (exact) mass is 246 g/mol. The van der Waals surface area contributed by atoms with E-state index in [1.54, 1.807) is 19.2 Å². The van der Waals surface area contributed by atoms with Gasteiger partial charge >= 0.3 is 0 Å². The van der Waals surface area contributed by atoms with Crippen LogP contribution in [0.4, 0.5) is 0 Å². The van der Waals surface area contributed by atoms with E-state index >= 15 is 0 Å². The largest absolute Gasteiger partial charge is 0.355 e. The molecule has 2 atom stereocenters. The molecule has 1 saturated carbocycles. The molecule has 0 bridgehead atoms. The first kappa shape index (κ1) is 12.6. The summed E-state index contributed by atoms with van der Waals surface area (Å²) in [6.45, 7) is 2.61. The van der Waals surface area contributed by atoms with Crippen molar-refractivity contribution in [2.75, 3.05) is 7.05 Å². The highest BCUT2D eigenvalue weighted by atomic mass is 16.2. The second kappa shape index (κ2) is 5.21. The molecule has 1 fully saturated rings. The molecule has 2 amide bonds. The first-order valence-electron chi connectivity index (χ1n) is 6.20. The topological polar surface area (TPSA) is 58.2 Å². The highest BCUT2D eigenvalue weighted by Crippen LogP contribution is 2.37. The SMILES string of the molecule is CNC(=O)c1ccc(CNC(=O)[C@H]2C[C@@H]2C)cc1. The zero-order chi connectivity index (χ0) is 13.1. The second-order valence-electron chi connectivity index (χ2n) is 4.81. The van der Waals surface area contributed by atoms with E-state index in [1.807, 2.05) is 12.1 Å². The van der Waals surface area contributed by atoms with Crippen molar-refractivity contribution in [2.24, 2.45) is 11.8 Å². The van der Waals surface area contributed by atoms with Gasteiger partial charge in [0.05, 0.1) is 0 Å². The molecule has 18 heavy (non-hydrogen) atoms. The number of hydrogen-bond donors (Lipinski definition) is 2. The number of rotatable bonds is 4. The van der Waals surface area contributed by atoms with Gasteiger partial charge in [-0.3, -0.25) is 9.59 Å². The van der Waals surface area contributed by atoms with Gasteiger partial charge in [-0.05, 0) is 30.0 Å². The van der Waals surface area contributed by atoms with Gasteiger partial charge in [-0.1, -0.05) is 19.1 Å². The van der Waals surface area contributed by atoms with Gasteiger partial charge in [-0.25, -0.2) is 0 Å². The Morgan fingerprint density at radius 2 is 1.89 bits per heavy atom. The third kappa shape index (κ3) is 2.88. The maximum atomic E-state index is 11.6. The van der Waals surface area contributed by atoms with E-state index in [2.05, 4.69) is 17.6 Å². The van der Waals surface area contributed by atoms with Crippen LogP contribution in [0.1, 0.15) is 29.3 Å². The molecule has 2 N–H and O–H groups in total. The Morgan fingerprint density at radius 1 is 1.28 bits per heavy atom. The molecule has 4 nitrogen and oxygen atoms in total. The molecule has 0 aromatic heterocycles. The van der Waals surface area contributed by atoms with E-state index < -0.39 is 0 Å². The Hall–Kier alpha value is -1.84. The van der Waals surface area contributed by atoms with E-state index in [-0.39, 0.29) is 17.7 Å². The van der Waals surface area contributed by atoms with Crippen molar-refractivity contribution in [2.45, 2.75) is 19.9 Å². The molecule has 1 aliphatic carbocycles. The summed E-state index contributed by atoms with van der Waals surface area (Å²) in [5.74, 6) is 0.769. The average Bonchev–Trinajstić information content (AvgIpc) is 3.13. The highest BCUT2D eigenvalue weighted by Gasteiger charge is 2.38. The van der Waals surface area contributed by atoms with Crippen molar-refractivity contribution >= 4 is 11.8 Å². The van der Waals surface area contributed by atoms with Crippen molar-refractivity contribution in [1.82, 2.24) is 10.6 Å². The number of carbonyl (C=O) groups is 2. The lowest BCUT2D eigenvalue weighted by Gasteiger charge is -2.05. The Labute approximate surface area is 107 Å². The van der Waals surface area contributed by atoms with Gasteiger partial charge in [0.1, 0.15) is 0 Å². The van der Waals surface area contributed by atoms with E-state index in [9.17, 15) is 9.59 Å². The fraction of sp³-hybridized carbons (Fsp3) is 0.429. The maximum Gasteiger partial charge on any atom is 0.251 e. The van der Waals surface area contributed by atoms with E-state index in [0.717, 1.165) is 12.0 Å². The zero-order valence-corrected chi connectivity index (χ0v) is 10.7. The first-order chi connectivity index (χ1) is 8.61. The lowest BCUT2D eigenvalue weighted by Crippen LogP contribution is -2.25. The lowest BCUT2D eigenvalue weighted by molar-refractivity contribution is -0.122. The third-order valence-electron chi connectivity index (χ3n) is 3.36. The van der Waals surface area contributed by atoms with Crippen LogP contribution >= 0.6 is 0 Å². The summed E-state index contributed by atoms with van der Waals surface area (Å²) in [5.41, 5.74) is 1.63. The second-order valence-corrected chi connectivity index (χ2v) is 4.81. The molecule has 0 spiro atoms. The smallest absolute Gasteiger partial charge is 0.251 e. The molecule has 1 aromatic rings. The van der Waals surface area contributed by atoms with Crippen LogP contribution in [0.15, 0.2) is 24.3 Å². The van der Waals surface area contributed by atoms with Crippen molar-refractivity contribution < 1.29 is 9.59 Å². The summed E-state index contributed by atoms with van der Waals surface area (Å²) in [5, 5.41) is 5.48. The van der Waals surface area contributed by atoms with E-state index in [0.29, 0.717) is 18.0 Å². The van der Waals surface area contributed by atoms with Gasteiger partial charge in [-0.15, -0.1) is 0 Å². The normalized spacial score (nSPS) is 21.2. The molecule has 0 aliphatic heterocycles. The molecule has 1 aliphatic rings. The predicted octanol–water partition coefficient (Wildman–Crippen LogP) is 1.32. The molecule has 2 rings (SSSR count). The van der Waals surface area contributed by atoms with E-state index in [4.69, 9.17) is 0 Å². The summed E-state index contributed by atoms with van der Waals surface area (Å²) in [7, 11) is 1.60. The van der Waals surface area contributed by atoms with Crippen LogP contribution in [0.2, 0.25) is 0 Å². The fourth-order valence-electron chi connectivity index (χ4n) is 1.93. The van der Waals surface area contributed by atoms with Crippen LogP contribution < -0.4 is 10.6 Å². The first-order valence-corrected chi connectivity index (χ1v) is 6.20. The molecule has 0 heterocycles. The van der Waals surface area contributed by atoms with Gasteiger partial charge in [0.25, 0.3) is 5.91 Å². The minimum Gasteiger partial charge on any atom is -0.355 e. The van der Waals surface area contributed by atoms with Gasteiger partial charge in [0, 0.05) is 25.1 Å². The standard InChI is InChI=1S/C14H18N2O2/c1-9-7-12(9)14(18)16-8-10-3-5-11(6-4-10)13(17)15-2/h3-6,9,12H,7-8H2,1-2H3,(H,15,17)(H,16,18)/t9-,12-/m0/s1. The van der Waals surface area contributed by atoms with Crippen LogP contribution in [0, 0.1) is 11.8 Å². The van der Waals surface area contributed by atoms with Crippen molar-refractivity contribution in [1.29, 1.82) is 0 Å². The molecule has 4 heteroatoms. The fourth-order valence-corrected chi connectivity index (χ4v) is 1.93. The molecule has 1 aromatic carbocycles. The van der Waals surface area contributed by atoms with Crippen molar-refractivity contribution in [3.05, 3.63) is 35.4 Å². The van der Waals surface area contributed by atoms with Crippen LogP contribution in [-0.4, -0.2) is 18.9 Å². The summed E-state index contributed by atoms with van der Waals surface area (Å²) in [6, 6.07) is 7.25. The molecule has 0 saturated heterocycles. The Morgan fingerprint density at radius 3 is 2.39 bits per heavy atom. The molecule has 0 unspecified atom stereocenters.